The third-order valence-electron chi connectivity index (χ3n) is 19.9. The van der Waals surface area contributed by atoms with E-state index < -0.39 is 82.0 Å². The number of hydrogen-bond donors (Lipinski definition) is 11. The van der Waals surface area contributed by atoms with Crippen LogP contribution in [0.5, 0.6) is 5.88 Å². The van der Waals surface area contributed by atoms with E-state index in [0.717, 1.165) is 6.54 Å². The number of hydroxylamine groups is 4. The Morgan fingerprint density at radius 3 is 0.933 bits per heavy atom. The lowest BCUT2D eigenvalue weighted by molar-refractivity contribution is -0.135. The summed E-state index contributed by atoms with van der Waals surface area (Å²) in [6.45, 7) is 14.0. The zero-order valence-electron chi connectivity index (χ0n) is 65.7. The van der Waals surface area contributed by atoms with E-state index in [1.165, 1.54) is 108 Å². The van der Waals surface area contributed by atoms with Crippen LogP contribution in [0.4, 0.5) is 11.6 Å². The molecule has 38 nitrogen and oxygen atoms in total. The summed E-state index contributed by atoms with van der Waals surface area (Å²) in [4.78, 5) is 106. The number of sulfone groups is 4. The van der Waals surface area contributed by atoms with Crippen molar-refractivity contribution >= 4 is 86.4 Å². The van der Waals surface area contributed by atoms with E-state index in [0.29, 0.717) is 87.5 Å². The fourth-order valence-corrected chi connectivity index (χ4v) is 20.8. The topological polar surface area (TPSA) is 553 Å². The molecule has 4 aliphatic heterocycles. The normalized spacial score (nSPS) is 16.1. The molecule has 638 valence electrons. The van der Waals surface area contributed by atoms with Crippen LogP contribution in [0.3, 0.4) is 0 Å². The third-order valence-corrected chi connectivity index (χ3v) is 29.9. The quantitative estimate of drug-likeness (QED) is 0.0241. The molecule has 0 atom stereocenters. The highest BCUT2D eigenvalue weighted by Gasteiger charge is 2.56. The number of nitrogens with one attached hydrogen (secondary N) is 7. The lowest BCUT2D eigenvalue weighted by Gasteiger charge is -2.34. The van der Waals surface area contributed by atoms with Crippen molar-refractivity contribution in [2.24, 2.45) is 11.8 Å². The van der Waals surface area contributed by atoms with Crippen LogP contribution in [0.1, 0.15) is 103 Å². The van der Waals surface area contributed by atoms with Gasteiger partial charge in [0, 0.05) is 95.1 Å². The standard InChI is InChI=1S/C21H26N4O6S.C20H25N3O6S.C18H20N4O6S.C18H22N4O5S/c1-14(2)11-24-19(26)18-13-22-17(12-23-18)15-3-5-16(6-4-15)32(29,30)21(20(27)25-28)7-9-31-10-8-21;1-14(2)13-29-18-12-21-17(11-22-18)15-3-5-16(6-4-15)30(26,27)20(19(24)23-25)7-9-28-10-8-20;1-12(23)21-16-11-19-15(10-20-16)13-2-4-14(5-3-13)29(26,27)18(17(24)22-25)6-8-28-9-7-18;1-2-19-16-12-20-15(11-21-16)13-3-5-14(6-4-13)28(25,26)18(17(23)22-24)7-9-27-10-8-18/h3-6,12-14,28H,7-11H2,1-2H3,(H,24,26)(H,25,27);3-6,11-12,14,25H,7-10,13H2,1-2H3,(H,23,24);2-5,10-11,25H,6-9H2,1H3,(H,22,24)(H,20,21,23);3-6,11-12,24H,2,7-10H2,1H3,(H,19,21)(H,22,23). The molecule has 0 unspecified atom stereocenters. The fraction of sp³-hybridized carbons (Fsp3) is 0.403. The Hall–Kier alpha value is -10.9. The van der Waals surface area contributed by atoms with Crippen LogP contribution in [0.25, 0.3) is 45.0 Å². The largest absolute Gasteiger partial charge is 0.476 e. The first-order chi connectivity index (χ1) is 56.7. The highest BCUT2D eigenvalue weighted by molar-refractivity contribution is 7.94. The van der Waals surface area contributed by atoms with Crippen molar-refractivity contribution in [3.8, 4) is 50.9 Å². The maximum atomic E-state index is 13.3. The van der Waals surface area contributed by atoms with Crippen LogP contribution in [-0.2, 0) is 82.3 Å². The van der Waals surface area contributed by atoms with Crippen LogP contribution in [0, 0.1) is 11.8 Å². The molecule has 4 saturated heterocycles. The van der Waals surface area contributed by atoms with Crippen LogP contribution in [0.15, 0.2) is 166 Å². The highest BCUT2D eigenvalue weighted by atomic mass is 32.2. The average Bonchev–Trinajstić information content (AvgIpc) is 0.763. The van der Waals surface area contributed by atoms with Crippen LogP contribution < -0.4 is 42.6 Å². The van der Waals surface area contributed by atoms with Crippen molar-refractivity contribution in [1.82, 2.24) is 67.1 Å². The van der Waals surface area contributed by atoms with Crippen molar-refractivity contribution in [2.45, 2.75) is 131 Å². The number of rotatable bonds is 25. The summed E-state index contributed by atoms with van der Waals surface area (Å²) >= 11 is 0. The van der Waals surface area contributed by atoms with Gasteiger partial charge < -0.3 is 39.6 Å². The van der Waals surface area contributed by atoms with Crippen molar-refractivity contribution in [3.63, 3.8) is 0 Å². The number of carbonyl (C=O) groups excluding carboxylic acids is 6. The van der Waals surface area contributed by atoms with E-state index in [1.807, 2.05) is 34.6 Å². The predicted octanol–water partition coefficient (Wildman–Crippen LogP) is 5.70. The fourth-order valence-electron chi connectivity index (χ4n) is 13.1. The van der Waals surface area contributed by atoms with Crippen molar-refractivity contribution in [3.05, 3.63) is 152 Å². The molecule has 119 heavy (non-hydrogen) atoms. The molecule has 4 fully saturated rings. The van der Waals surface area contributed by atoms with Gasteiger partial charge in [-0.1, -0.05) is 76.2 Å². The Morgan fingerprint density at radius 2 is 0.689 bits per heavy atom. The van der Waals surface area contributed by atoms with Gasteiger partial charge in [0.15, 0.2) is 64.2 Å². The van der Waals surface area contributed by atoms with Crippen molar-refractivity contribution < 1.29 is 107 Å². The van der Waals surface area contributed by atoms with Crippen LogP contribution >= 0.6 is 0 Å². The van der Waals surface area contributed by atoms with Gasteiger partial charge in [-0.25, -0.2) is 80.5 Å². The molecule has 4 aliphatic rings. The minimum absolute atomic E-state index is 0.000945. The molecule has 0 bridgehead atoms. The predicted molar refractivity (Wildman–Crippen MR) is 425 cm³/mol. The summed E-state index contributed by atoms with van der Waals surface area (Å²) in [5.41, 5.74) is 10.9. The van der Waals surface area contributed by atoms with E-state index >= 15 is 0 Å². The summed E-state index contributed by atoms with van der Waals surface area (Å²) in [6, 6.07) is 23.9. The molecule has 4 aromatic carbocycles. The maximum absolute atomic E-state index is 13.3. The molecule has 12 rings (SSSR count). The monoisotopic (exact) mass is 1720 g/mol. The number of nitrogens with zero attached hydrogens (tertiary/aromatic N) is 8. The van der Waals surface area contributed by atoms with Gasteiger partial charge in [0.25, 0.3) is 29.5 Å². The molecule has 11 N–H and O–H groups in total. The number of carbonyl (C=O) groups is 6. The number of ether oxygens (including phenoxy) is 5. The molecule has 8 aromatic rings. The number of aromatic nitrogens is 8. The second kappa shape index (κ2) is 40.7. The summed E-state index contributed by atoms with van der Waals surface area (Å²) in [6.07, 6.45) is 11.6. The molecule has 6 amide bonds. The number of anilines is 2. The second-order valence-corrected chi connectivity index (χ2v) is 37.5. The first-order valence-electron chi connectivity index (χ1n) is 37.5. The minimum atomic E-state index is -4.11. The molecule has 0 spiro atoms. The van der Waals surface area contributed by atoms with Gasteiger partial charge in [-0.15, -0.1) is 0 Å². The Morgan fingerprint density at radius 1 is 0.395 bits per heavy atom. The number of hydrogen-bond acceptors (Lipinski definition) is 32. The minimum Gasteiger partial charge on any atom is -0.476 e. The molecule has 0 saturated carbocycles. The van der Waals surface area contributed by atoms with E-state index in [2.05, 4.69) is 55.8 Å². The molecule has 0 radical (unpaired) electrons. The first kappa shape index (κ1) is 92.0. The molecule has 0 aliphatic carbocycles. The first-order valence-corrected chi connectivity index (χ1v) is 43.4. The van der Waals surface area contributed by atoms with Crippen LogP contribution in [-0.4, -0.2) is 221 Å². The average molecular weight is 1720 g/mol. The van der Waals surface area contributed by atoms with E-state index in [-0.39, 0.29) is 141 Å². The van der Waals surface area contributed by atoms with Gasteiger partial charge in [0.1, 0.15) is 11.5 Å². The Bertz CT molecular complexity index is 5280. The van der Waals surface area contributed by atoms with Crippen LogP contribution in [0.2, 0.25) is 0 Å². The molecule has 42 heteroatoms. The van der Waals surface area contributed by atoms with Gasteiger partial charge in [-0.05, 0) is 119 Å². The number of benzene rings is 4. The maximum Gasteiger partial charge on any atom is 0.271 e. The zero-order valence-corrected chi connectivity index (χ0v) is 69.0. The van der Waals surface area contributed by atoms with Gasteiger partial charge in [0.05, 0.1) is 98.5 Å². The van der Waals surface area contributed by atoms with Crippen molar-refractivity contribution in [2.75, 3.05) is 83.2 Å². The summed E-state index contributed by atoms with van der Waals surface area (Å²) in [5, 5.41) is 44.7. The van der Waals surface area contributed by atoms with Gasteiger partial charge in [0.2, 0.25) is 11.8 Å². The van der Waals surface area contributed by atoms with E-state index in [9.17, 15) is 62.4 Å². The molecular weight excluding hydrogens is 1630 g/mol. The highest BCUT2D eigenvalue weighted by Crippen LogP contribution is 2.41. The summed E-state index contributed by atoms with van der Waals surface area (Å²) in [7, 11) is -16.3. The number of amides is 6. The second-order valence-electron chi connectivity index (χ2n) is 28.4. The van der Waals surface area contributed by atoms with E-state index in [1.54, 1.807) is 67.1 Å². The summed E-state index contributed by atoms with van der Waals surface area (Å²) in [5.74, 6) is -2.35. The van der Waals surface area contributed by atoms with Gasteiger partial charge in [-0.3, -0.25) is 64.5 Å². The van der Waals surface area contributed by atoms with Gasteiger partial charge >= 0.3 is 0 Å². The smallest absolute Gasteiger partial charge is 0.271 e. The third kappa shape index (κ3) is 20.9. The summed E-state index contributed by atoms with van der Waals surface area (Å²) < 4.78 is 125. The van der Waals surface area contributed by atoms with Crippen molar-refractivity contribution in [1.29, 1.82) is 0 Å². The molecular formula is C77H93N15O23S4. The molecule has 8 heterocycles. The Kier molecular flexibility index (Phi) is 31.5. The molecule has 4 aromatic heterocycles. The Balaban J connectivity index is 0.000000181. The van der Waals surface area contributed by atoms with E-state index in [4.69, 9.17) is 44.5 Å². The Labute approximate surface area is 686 Å². The lowest BCUT2D eigenvalue weighted by Crippen LogP contribution is -2.54. The SMILES string of the molecule is CC(=O)Nc1cnc(-c2ccc(S(=O)(=O)C3(C(=O)NO)CCOCC3)cc2)cn1.CC(C)CNC(=O)c1cnc(-c2ccc(S(=O)(=O)C3(C(=O)NO)CCOCC3)cc2)cn1.CC(C)COc1cnc(-c2ccc(S(=O)(=O)C3(C(=O)NO)CCOCC3)cc2)cn1.CCNc1cnc(-c2ccc(S(=O)(=O)C3(C(=O)NO)CCOCC3)cc2)cn1. The zero-order chi connectivity index (χ0) is 86.4. The lowest BCUT2D eigenvalue weighted by atomic mass is 9.98. The van der Waals surface area contributed by atoms with Gasteiger partial charge in [-0.2, -0.15) is 0 Å².